The average molecular weight is 338 g/mol. The number of ether oxygens (including phenoxy) is 1. The maximum absolute atomic E-state index is 5.93. The van der Waals surface area contributed by atoms with Gasteiger partial charge in [0.2, 0.25) is 0 Å². The molecular weight excluding hydrogens is 322 g/mol. The number of rotatable bonds is 2. The zero-order valence-electron chi connectivity index (χ0n) is 11.2. The Morgan fingerprint density at radius 3 is 3.05 bits per heavy atom. The van der Waals surface area contributed by atoms with E-state index in [2.05, 4.69) is 38.4 Å². The highest BCUT2D eigenvalue weighted by atomic mass is 79.9. The molecule has 2 heterocycles. The summed E-state index contributed by atoms with van der Waals surface area (Å²) in [7, 11) is 0. The van der Waals surface area contributed by atoms with Crippen molar-refractivity contribution in [3.63, 3.8) is 0 Å². The summed E-state index contributed by atoms with van der Waals surface area (Å²) in [5, 5.41) is 12.1. The fourth-order valence-electron chi connectivity index (χ4n) is 2.51. The zero-order chi connectivity index (χ0) is 14.1. The van der Waals surface area contributed by atoms with Gasteiger partial charge in [-0.3, -0.25) is 0 Å². The summed E-state index contributed by atoms with van der Waals surface area (Å²) in [5.74, 6) is 0.753. The molecule has 3 rings (SSSR count). The third-order valence-corrected chi connectivity index (χ3v) is 4.27. The first-order chi connectivity index (χ1) is 9.65. The van der Waals surface area contributed by atoms with Crippen molar-refractivity contribution in [3.8, 4) is 11.4 Å². The van der Waals surface area contributed by atoms with E-state index in [-0.39, 0.29) is 12.1 Å². The van der Waals surface area contributed by atoms with Gasteiger partial charge in [-0.25, -0.2) is 4.68 Å². The molecule has 2 aromatic rings. The number of halogens is 1. The Bertz CT molecular complexity index is 615. The van der Waals surface area contributed by atoms with E-state index in [1.54, 1.807) is 0 Å². The van der Waals surface area contributed by atoms with Crippen LogP contribution in [-0.2, 0) is 4.74 Å². The number of nitrogens with two attached hydrogens (primary N) is 1. The van der Waals surface area contributed by atoms with E-state index < -0.39 is 0 Å². The number of hydrogen-bond donors (Lipinski definition) is 1. The summed E-state index contributed by atoms with van der Waals surface area (Å²) < 4.78 is 8.34. The first-order valence-electron chi connectivity index (χ1n) is 6.60. The van der Waals surface area contributed by atoms with Crippen LogP contribution in [-0.4, -0.2) is 32.9 Å². The van der Waals surface area contributed by atoms with Gasteiger partial charge in [0, 0.05) is 22.3 Å². The van der Waals surface area contributed by atoms with Crippen molar-refractivity contribution in [2.75, 3.05) is 12.3 Å². The van der Waals surface area contributed by atoms with Crippen LogP contribution in [0, 0.1) is 0 Å². The summed E-state index contributed by atoms with van der Waals surface area (Å²) in [5.41, 5.74) is 7.54. The Balaban J connectivity index is 1.95. The van der Waals surface area contributed by atoms with Gasteiger partial charge >= 0.3 is 0 Å². The Labute approximate surface area is 125 Å². The third kappa shape index (κ3) is 2.55. The Kier molecular flexibility index (Phi) is 3.71. The molecule has 1 saturated heterocycles. The number of anilines is 1. The van der Waals surface area contributed by atoms with E-state index in [4.69, 9.17) is 10.5 Å². The topological polar surface area (TPSA) is 78.9 Å². The average Bonchev–Trinajstić information content (AvgIpc) is 2.91. The molecule has 0 amide bonds. The smallest absolute Gasteiger partial charge is 0.182 e. The molecule has 20 heavy (non-hydrogen) atoms. The quantitative estimate of drug-likeness (QED) is 0.851. The van der Waals surface area contributed by atoms with Crippen molar-refractivity contribution in [2.24, 2.45) is 0 Å². The van der Waals surface area contributed by atoms with Crippen LogP contribution in [0.4, 0.5) is 5.69 Å². The van der Waals surface area contributed by atoms with Crippen LogP contribution in [0.2, 0.25) is 0 Å². The van der Waals surface area contributed by atoms with Crippen LogP contribution >= 0.6 is 15.9 Å². The van der Waals surface area contributed by atoms with E-state index in [0.717, 1.165) is 35.3 Å². The van der Waals surface area contributed by atoms with Crippen LogP contribution in [0.1, 0.15) is 25.8 Å². The molecule has 106 valence electrons. The molecule has 6 nitrogen and oxygen atoms in total. The van der Waals surface area contributed by atoms with Crippen molar-refractivity contribution in [3.05, 3.63) is 22.7 Å². The molecule has 0 radical (unpaired) electrons. The Morgan fingerprint density at radius 2 is 2.30 bits per heavy atom. The van der Waals surface area contributed by atoms with Gasteiger partial charge in [-0.05, 0) is 64.3 Å². The van der Waals surface area contributed by atoms with Crippen LogP contribution < -0.4 is 5.73 Å². The van der Waals surface area contributed by atoms with E-state index >= 15 is 0 Å². The second-order valence-corrected chi connectivity index (χ2v) is 5.90. The van der Waals surface area contributed by atoms with Crippen LogP contribution in [0.5, 0.6) is 0 Å². The fraction of sp³-hybridized carbons (Fsp3) is 0.462. The summed E-state index contributed by atoms with van der Waals surface area (Å²) in [4.78, 5) is 0. The van der Waals surface area contributed by atoms with Gasteiger partial charge in [0.15, 0.2) is 5.82 Å². The third-order valence-electron chi connectivity index (χ3n) is 3.55. The number of benzene rings is 1. The predicted molar refractivity (Wildman–Crippen MR) is 79.1 cm³/mol. The van der Waals surface area contributed by atoms with E-state index in [1.165, 1.54) is 0 Å². The number of tetrazole rings is 1. The lowest BCUT2D eigenvalue weighted by Crippen LogP contribution is -2.26. The van der Waals surface area contributed by atoms with Crippen LogP contribution in [0.3, 0.4) is 0 Å². The molecule has 1 aliphatic rings. The standard InChI is InChI=1S/C13H16BrN5O/c1-8-6-10(4-5-20-8)19-13(16-17-18-19)9-2-3-11(14)12(15)7-9/h2-3,7-8,10H,4-6,15H2,1H3. The van der Waals surface area contributed by atoms with Gasteiger partial charge < -0.3 is 10.5 Å². The highest BCUT2D eigenvalue weighted by molar-refractivity contribution is 9.10. The molecule has 0 saturated carbocycles. The molecule has 1 aromatic heterocycles. The lowest BCUT2D eigenvalue weighted by Gasteiger charge is -2.27. The SMILES string of the molecule is CC1CC(n2nnnc2-c2ccc(Br)c(N)c2)CCO1. The van der Waals surface area contributed by atoms with E-state index in [9.17, 15) is 0 Å². The van der Waals surface area contributed by atoms with E-state index in [0.29, 0.717) is 5.69 Å². The fourth-order valence-corrected chi connectivity index (χ4v) is 2.76. The first-order valence-corrected chi connectivity index (χ1v) is 7.39. The minimum Gasteiger partial charge on any atom is -0.398 e. The molecular formula is C13H16BrN5O. The lowest BCUT2D eigenvalue weighted by molar-refractivity contribution is 0.00350. The second kappa shape index (κ2) is 5.49. The maximum atomic E-state index is 5.93. The number of nitrogen functional groups attached to an aromatic ring is 1. The van der Waals surface area contributed by atoms with Crippen molar-refractivity contribution in [1.29, 1.82) is 0 Å². The Morgan fingerprint density at radius 1 is 1.45 bits per heavy atom. The highest BCUT2D eigenvalue weighted by Gasteiger charge is 2.24. The van der Waals surface area contributed by atoms with Gasteiger partial charge in [0.25, 0.3) is 0 Å². The molecule has 0 spiro atoms. The highest BCUT2D eigenvalue weighted by Crippen LogP contribution is 2.30. The molecule has 0 bridgehead atoms. The Hall–Kier alpha value is -1.47. The largest absolute Gasteiger partial charge is 0.398 e. The normalized spacial score (nSPS) is 22.9. The molecule has 1 aromatic carbocycles. The molecule has 0 aliphatic carbocycles. The van der Waals surface area contributed by atoms with Crippen LogP contribution in [0.15, 0.2) is 22.7 Å². The monoisotopic (exact) mass is 337 g/mol. The van der Waals surface area contributed by atoms with Gasteiger partial charge in [0.1, 0.15) is 0 Å². The van der Waals surface area contributed by atoms with Crippen LogP contribution in [0.25, 0.3) is 11.4 Å². The van der Waals surface area contributed by atoms with Gasteiger partial charge in [-0.2, -0.15) is 0 Å². The second-order valence-electron chi connectivity index (χ2n) is 5.04. The van der Waals surface area contributed by atoms with Crippen molar-refractivity contribution < 1.29 is 4.74 Å². The molecule has 2 N–H and O–H groups in total. The number of hydrogen-bond acceptors (Lipinski definition) is 5. The summed E-state index contributed by atoms with van der Waals surface area (Å²) in [6, 6.07) is 6.03. The zero-order valence-corrected chi connectivity index (χ0v) is 12.7. The van der Waals surface area contributed by atoms with Gasteiger partial charge in [-0.15, -0.1) is 5.10 Å². The molecule has 2 atom stereocenters. The molecule has 1 aliphatic heterocycles. The number of aromatic nitrogens is 4. The minimum atomic E-state index is 0.237. The summed E-state index contributed by atoms with van der Waals surface area (Å²) >= 11 is 3.40. The summed E-state index contributed by atoms with van der Waals surface area (Å²) in [6.07, 6.45) is 2.08. The van der Waals surface area contributed by atoms with E-state index in [1.807, 2.05) is 22.9 Å². The van der Waals surface area contributed by atoms with Crippen molar-refractivity contribution in [1.82, 2.24) is 20.2 Å². The predicted octanol–water partition coefficient (Wildman–Crippen LogP) is 2.42. The van der Waals surface area contributed by atoms with Gasteiger partial charge in [-0.1, -0.05) is 0 Å². The van der Waals surface area contributed by atoms with Crippen molar-refractivity contribution >= 4 is 21.6 Å². The molecule has 1 fully saturated rings. The van der Waals surface area contributed by atoms with Gasteiger partial charge in [0.05, 0.1) is 12.1 Å². The number of nitrogens with zero attached hydrogens (tertiary/aromatic N) is 4. The lowest BCUT2D eigenvalue weighted by atomic mass is 10.0. The van der Waals surface area contributed by atoms with Crippen molar-refractivity contribution in [2.45, 2.75) is 31.9 Å². The summed E-state index contributed by atoms with van der Waals surface area (Å²) in [6.45, 7) is 2.82. The maximum Gasteiger partial charge on any atom is 0.182 e. The minimum absolute atomic E-state index is 0.237. The molecule has 2 unspecified atom stereocenters. The molecule has 7 heteroatoms. The first kappa shape index (κ1) is 13.5.